The first-order valence-electron chi connectivity index (χ1n) is 13.1. The maximum atomic E-state index is 13.4. The van der Waals surface area contributed by atoms with Gasteiger partial charge in [-0.3, -0.25) is 4.68 Å². The number of aryl methyl sites for hydroxylation is 3. The second-order valence-electron chi connectivity index (χ2n) is 10.7. The SMILES string of the molecule is CCn1nc(C)c(CC2=C(O)CC(CCc3ccc(C(C)C)c(Cl)c3)(C3CCCC3)OC2=O)c1C. The first kappa shape index (κ1) is 25.8. The van der Waals surface area contributed by atoms with E-state index in [2.05, 4.69) is 31.1 Å². The largest absolute Gasteiger partial charge is 0.512 e. The minimum atomic E-state index is -0.665. The molecule has 190 valence electrons. The Bertz CT molecular complexity index is 1130. The van der Waals surface area contributed by atoms with E-state index in [1.807, 2.05) is 31.5 Å². The normalized spacial score (nSPS) is 21.3. The zero-order valence-corrected chi connectivity index (χ0v) is 22.5. The molecule has 1 N–H and O–H groups in total. The molecular weight excluding hydrogens is 460 g/mol. The van der Waals surface area contributed by atoms with Crippen LogP contribution < -0.4 is 0 Å². The van der Waals surface area contributed by atoms with E-state index in [0.29, 0.717) is 30.8 Å². The van der Waals surface area contributed by atoms with E-state index in [4.69, 9.17) is 16.3 Å². The average molecular weight is 499 g/mol. The summed E-state index contributed by atoms with van der Waals surface area (Å²) in [5.74, 6) is 0.450. The first-order valence-corrected chi connectivity index (χ1v) is 13.5. The molecule has 1 aliphatic heterocycles. The predicted octanol–water partition coefficient (Wildman–Crippen LogP) is 7.16. The second kappa shape index (κ2) is 10.4. The molecule has 0 saturated heterocycles. The molecule has 2 aromatic rings. The molecule has 1 unspecified atom stereocenters. The Morgan fingerprint density at radius 1 is 1.26 bits per heavy atom. The molecule has 4 rings (SSSR count). The number of aromatic nitrogens is 2. The number of aliphatic hydroxyl groups excluding tert-OH is 1. The van der Waals surface area contributed by atoms with E-state index in [1.54, 1.807) is 0 Å². The third kappa shape index (κ3) is 5.16. The van der Waals surface area contributed by atoms with Gasteiger partial charge in [-0.1, -0.05) is 50.4 Å². The standard InChI is InChI=1S/C29H39ClN2O3/c1-6-32-20(5)24(19(4)31-32)16-25-27(33)17-29(35-28(25)34,22-9-7-8-10-22)14-13-21-11-12-23(18(2)3)26(30)15-21/h11-12,15,18,22,33H,6-10,13-14,16-17H2,1-5H3. The van der Waals surface area contributed by atoms with E-state index in [9.17, 15) is 9.90 Å². The molecule has 1 aromatic heterocycles. The van der Waals surface area contributed by atoms with Crippen molar-refractivity contribution in [2.24, 2.45) is 5.92 Å². The molecule has 1 saturated carbocycles. The average Bonchev–Trinajstić information content (AvgIpc) is 3.44. The van der Waals surface area contributed by atoms with Crippen LogP contribution in [0.1, 0.15) is 93.3 Å². The third-order valence-electron chi connectivity index (χ3n) is 8.16. The second-order valence-corrected chi connectivity index (χ2v) is 11.1. The molecule has 6 heteroatoms. The lowest BCUT2D eigenvalue weighted by molar-refractivity contribution is -0.167. The highest BCUT2D eigenvalue weighted by Crippen LogP contribution is 2.46. The molecule has 0 spiro atoms. The number of benzene rings is 1. The van der Waals surface area contributed by atoms with E-state index in [1.165, 1.54) is 0 Å². The van der Waals surface area contributed by atoms with Crippen molar-refractivity contribution in [1.29, 1.82) is 0 Å². The van der Waals surface area contributed by atoms with Gasteiger partial charge in [-0.05, 0) is 75.5 Å². The summed E-state index contributed by atoms with van der Waals surface area (Å²) in [6, 6.07) is 6.28. The summed E-state index contributed by atoms with van der Waals surface area (Å²) >= 11 is 6.55. The van der Waals surface area contributed by atoms with Crippen LogP contribution in [0.2, 0.25) is 5.02 Å². The van der Waals surface area contributed by atoms with Gasteiger partial charge in [-0.15, -0.1) is 0 Å². The van der Waals surface area contributed by atoms with Crippen LogP contribution in [0.15, 0.2) is 29.5 Å². The molecular formula is C29H39ClN2O3. The molecule has 1 atom stereocenters. The van der Waals surface area contributed by atoms with Gasteiger partial charge in [0.1, 0.15) is 11.4 Å². The number of halogens is 1. The summed E-state index contributed by atoms with van der Waals surface area (Å²) in [6.07, 6.45) is 6.53. The smallest absolute Gasteiger partial charge is 0.338 e. The first-order chi connectivity index (χ1) is 16.6. The van der Waals surface area contributed by atoms with Gasteiger partial charge in [0.2, 0.25) is 0 Å². The fourth-order valence-electron chi connectivity index (χ4n) is 6.01. The molecule has 5 nitrogen and oxygen atoms in total. The lowest BCUT2D eigenvalue weighted by Gasteiger charge is -2.42. The van der Waals surface area contributed by atoms with Crippen LogP contribution in [0.25, 0.3) is 0 Å². The highest BCUT2D eigenvalue weighted by atomic mass is 35.5. The Kier molecular flexibility index (Phi) is 7.65. The zero-order valence-electron chi connectivity index (χ0n) is 21.8. The van der Waals surface area contributed by atoms with Crippen LogP contribution in [0.4, 0.5) is 0 Å². The molecule has 2 heterocycles. The van der Waals surface area contributed by atoms with Crippen LogP contribution in [0.5, 0.6) is 0 Å². The van der Waals surface area contributed by atoms with E-state index in [0.717, 1.165) is 71.7 Å². The lowest BCUT2D eigenvalue weighted by Crippen LogP contribution is -2.46. The number of carbonyl (C=O) groups excluding carboxylic acids is 1. The Morgan fingerprint density at radius 3 is 2.54 bits per heavy atom. The number of carbonyl (C=O) groups is 1. The highest BCUT2D eigenvalue weighted by Gasteiger charge is 2.48. The van der Waals surface area contributed by atoms with Crippen LogP contribution >= 0.6 is 11.6 Å². The van der Waals surface area contributed by atoms with Crippen molar-refractivity contribution in [3.63, 3.8) is 0 Å². The van der Waals surface area contributed by atoms with Gasteiger partial charge in [0.05, 0.1) is 11.3 Å². The van der Waals surface area contributed by atoms with Gasteiger partial charge in [0, 0.05) is 35.7 Å². The zero-order chi connectivity index (χ0) is 25.3. The van der Waals surface area contributed by atoms with Crippen molar-refractivity contribution in [1.82, 2.24) is 9.78 Å². The fraction of sp³-hybridized carbons (Fsp3) is 0.586. The number of aliphatic hydroxyl groups is 1. The van der Waals surface area contributed by atoms with Crippen molar-refractivity contribution in [3.05, 3.63) is 62.6 Å². The van der Waals surface area contributed by atoms with Crippen molar-refractivity contribution in [3.8, 4) is 0 Å². The van der Waals surface area contributed by atoms with Crippen molar-refractivity contribution >= 4 is 17.6 Å². The Hall–Kier alpha value is -2.27. The summed E-state index contributed by atoms with van der Waals surface area (Å²) in [4.78, 5) is 13.4. The Labute approximate surface area is 214 Å². The van der Waals surface area contributed by atoms with Crippen LogP contribution in [0.3, 0.4) is 0 Å². The van der Waals surface area contributed by atoms with E-state index >= 15 is 0 Å². The van der Waals surface area contributed by atoms with Crippen molar-refractivity contribution in [2.45, 2.75) is 104 Å². The number of ether oxygens (including phenoxy) is 1. The van der Waals surface area contributed by atoms with Crippen LogP contribution in [-0.4, -0.2) is 26.5 Å². The number of hydrogen-bond acceptors (Lipinski definition) is 4. The summed E-state index contributed by atoms with van der Waals surface area (Å²) in [6.45, 7) is 11.1. The molecule has 35 heavy (non-hydrogen) atoms. The maximum Gasteiger partial charge on any atom is 0.338 e. The molecule has 2 aliphatic rings. The molecule has 0 amide bonds. The quantitative estimate of drug-likeness (QED) is 0.392. The van der Waals surface area contributed by atoms with Gasteiger partial charge in [-0.25, -0.2) is 4.79 Å². The number of hydrogen-bond donors (Lipinski definition) is 1. The highest BCUT2D eigenvalue weighted by molar-refractivity contribution is 6.31. The van der Waals surface area contributed by atoms with E-state index in [-0.39, 0.29) is 17.6 Å². The fourth-order valence-corrected chi connectivity index (χ4v) is 6.43. The molecule has 1 aromatic carbocycles. The minimum absolute atomic E-state index is 0.185. The lowest BCUT2D eigenvalue weighted by atomic mass is 9.76. The summed E-state index contributed by atoms with van der Waals surface area (Å²) in [5.41, 5.74) is 4.93. The number of cyclic esters (lactones) is 1. The van der Waals surface area contributed by atoms with Crippen LogP contribution in [0, 0.1) is 19.8 Å². The Balaban J connectivity index is 1.59. The Morgan fingerprint density at radius 2 is 1.97 bits per heavy atom. The monoisotopic (exact) mass is 498 g/mol. The summed E-state index contributed by atoms with van der Waals surface area (Å²) in [7, 11) is 0. The van der Waals surface area contributed by atoms with Crippen molar-refractivity contribution < 1.29 is 14.6 Å². The van der Waals surface area contributed by atoms with Gasteiger partial charge in [0.25, 0.3) is 0 Å². The topological polar surface area (TPSA) is 64.3 Å². The van der Waals surface area contributed by atoms with Crippen LogP contribution in [-0.2, 0) is 28.9 Å². The minimum Gasteiger partial charge on any atom is -0.512 e. The number of nitrogens with zero attached hydrogens (tertiary/aromatic N) is 2. The third-order valence-corrected chi connectivity index (χ3v) is 8.49. The van der Waals surface area contributed by atoms with Gasteiger partial charge in [-0.2, -0.15) is 5.10 Å². The van der Waals surface area contributed by atoms with Gasteiger partial charge < -0.3 is 9.84 Å². The number of rotatable bonds is 8. The van der Waals surface area contributed by atoms with Crippen molar-refractivity contribution in [2.75, 3.05) is 0 Å². The summed E-state index contributed by atoms with van der Waals surface area (Å²) < 4.78 is 8.26. The molecule has 0 bridgehead atoms. The predicted molar refractivity (Wildman–Crippen MR) is 140 cm³/mol. The molecule has 1 fully saturated rings. The van der Waals surface area contributed by atoms with E-state index < -0.39 is 5.60 Å². The molecule has 1 aliphatic carbocycles. The summed E-state index contributed by atoms with van der Waals surface area (Å²) in [5, 5.41) is 16.6. The maximum absolute atomic E-state index is 13.4. The molecule has 0 radical (unpaired) electrons. The van der Waals surface area contributed by atoms with Gasteiger partial charge in [0.15, 0.2) is 0 Å². The number of esters is 1. The van der Waals surface area contributed by atoms with Gasteiger partial charge >= 0.3 is 5.97 Å².